The first-order valence-electron chi connectivity index (χ1n) is 4.27. The van der Waals surface area contributed by atoms with E-state index in [1.54, 1.807) is 0 Å². The van der Waals surface area contributed by atoms with Gasteiger partial charge in [0.1, 0.15) is 0 Å². The zero-order chi connectivity index (χ0) is 12.5. The third kappa shape index (κ3) is 7.98. The first-order valence-corrected chi connectivity index (χ1v) is 6.58. The average molecular weight is 248 g/mol. The predicted molar refractivity (Wildman–Crippen MR) is 63.8 cm³/mol. The first kappa shape index (κ1) is 16.4. The summed E-state index contributed by atoms with van der Waals surface area (Å²) >= 11 is 0. The molecule has 3 nitrogen and oxygen atoms in total. The number of allylic oxidation sites excluding steroid dienone is 5. The van der Waals surface area contributed by atoms with Gasteiger partial charge in [0.2, 0.25) is 0 Å². The maximum Gasteiger partial charge on any atom is 0.257 e. The molecule has 0 amide bonds. The maximum absolute atomic E-state index is 10.7. The minimum absolute atomic E-state index is 0.0104. The second-order valence-corrected chi connectivity index (χ2v) is 4.89. The van der Waals surface area contributed by atoms with Crippen LogP contribution in [-0.2, 0) is 9.05 Å². The van der Waals surface area contributed by atoms with E-state index < -0.39 is 9.05 Å². The Kier molecular flexibility index (Phi) is 9.04. The summed E-state index contributed by atoms with van der Waals surface area (Å²) in [7, 11) is 1.35. The van der Waals surface area contributed by atoms with Crippen LogP contribution in [0.5, 0.6) is 0 Å². The lowest BCUT2D eigenvalue weighted by Crippen LogP contribution is -1.88. The van der Waals surface area contributed by atoms with Crippen molar-refractivity contribution < 1.29 is 8.42 Å². The fourth-order valence-corrected chi connectivity index (χ4v) is 0.824. The molecule has 0 atom stereocenters. The van der Waals surface area contributed by atoms with Crippen molar-refractivity contribution in [2.24, 2.45) is 0 Å². The van der Waals surface area contributed by atoms with Crippen molar-refractivity contribution in [2.45, 2.75) is 20.8 Å². The first-order chi connectivity index (χ1) is 6.91. The fourth-order valence-electron chi connectivity index (χ4n) is 0.439. The molecule has 0 bridgehead atoms. The third-order valence-electron chi connectivity index (χ3n) is 1.23. The largest absolute Gasteiger partial charge is 0.257 e. The van der Waals surface area contributed by atoms with Gasteiger partial charge in [-0.1, -0.05) is 26.5 Å². The topological polar surface area (TPSA) is 57.9 Å². The van der Waals surface area contributed by atoms with E-state index in [2.05, 4.69) is 6.58 Å². The highest BCUT2D eigenvalue weighted by Gasteiger charge is 2.06. The van der Waals surface area contributed by atoms with Crippen molar-refractivity contribution in [3.05, 3.63) is 35.3 Å². The van der Waals surface area contributed by atoms with Crippen LogP contribution < -0.4 is 0 Å². The minimum Gasteiger partial charge on any atom is -0.207 e. The second kappa shape index (κ2) is 8.27. The number of rotatable bonds is 3. The Morgan fingerprint density at radius 2 is 1.87 bits per heavy atom. The zero-order valence-corrected chi connectivity index (χ0v) is 10.6. The quantitative estimate of drug-likeness (QED) is 0.437. The molecule has 0 saturated heterocycles. The van der Waals surface area contributed by atoms with Crippen molar-refractivity contribution >= 4 is 19.7 Å². The zero-order valence-electron chi connectivity index (χ0n) is 8.99. The summed E-state index contributed by atoms with van der Waals surface area (Å²) in [6.07, 6.45) is 3.91. The summed E-state index contributed by atoms with van der Waals surface area (Å²) in [6.45, 7) is 8.71. The maximum atomic E-state index is 10.7. The van der Waals surface area contributed by atoms with E-state index in [0.717, 1.165) is 0 Å². The Morgan fingerprint density at radius 3 is 2.13 bits per heavy atom. The summed E-state index contributed by atoms with van der Waals surface area (Å²) in [4.78, 5) is -0.0104. The van der Waals surface area contributed by atoms with Crippen molar-refractivity contribution in [1.29, 1.82) is 5.26 Å². The lowest BCUT2D eigenvalue weighted by atomic mass is 10.2. The number of halogens is 1. The number of hydrogen-bond acceptors (Lipinski definition) is 3. The smallest absolute Gasteiger partial charge is 0.207 e. The van der Waals surface area contributed by atoms with Crippen molar-refractivity contribution in [1.82, 2.24) is 0 Å². The Labute approximate surface area is 95.8 Å². The molecular weight excluding hydrogens is 234 g/mol. The van der Waals surface area contributed by atoms with Gasteiger partial charge >= 0.3 is 0 Å². The molecule has 0 heterocycles. The lowest BCUT2D eigenvalue weighted by Gasteiger charge is -1.90. The van der Waals surface area contributed by atoms with Gasteiger partial charge in [0, 0.05) is 10.7 Å². The highest BCUT2D eigenvalue weighted by Crippen LogP contribution is 2.11. The monoisotopic (exact) mass is 247 g/mol. The highest BCUT2D eigenvalue weighted by atomic mass is 35.7. The molecule has 0 aromatic heterocycles. The Balaban J connectivity index is 0. The number of hydrogen-bond donors (Lipinski definition) is 0. The van der Waals surface area contributed by atoms with E-state index >= 15 is 0 Å². The third-order valence-corrected chi connectivity index (χ3v) is 2.87. The molecule has 0 radical (unpaired) electrons. The van der Waals surface area contributed by atoms with Crippen LogP contribution in [0.15, 0.2) is 35.3 Å². The SMILES string of the molecule is C=C/C(C#N)=C\C=C(/C)S(=O)(=O)Cl.CC. The molecule has 0 spiro atoms. The van der Waals surface area contributed by atoms with E-state index in [0.29, 0.717) is 0 Å². The normalized spacial score (nSPS) is 12.2. The Bertz CT molecular complexity index is 400. The van der Waals surface area contributed by atoms with E-state index in [4.69, 9.17) is 15.9 Å². The lowest BCUT2D eigenvalue weighted by molar-refractivity contribution is 0.615. The predicted octanol–water partition coefficient (Wildman–Crippen LogP) is 3.12. The number of nitrogens with zero attached hydrogens (tertiary/aromatic N) is 1. The standard InChI is InChI=1S/C8H8ClNO2S.C2H6/c1-3-8(6-10)5-4-7(2)13(9,11)12;1-2/h3-5H,1H2,2H3;1-2H3/b7-4+,8-5+;. The van der Waals surface area contributed by atoms with Crippen LogP contribution in [0.4, 0.5) is 0 Å². The van der Waals surface area contributed by atoms with Crippen LogP contribution in [-0.4, -0.2) is 8.42 Å². The second-order valence-electron chi connectivity index (χ2n) is 2.15. The molecule has 0 N–H and O–H groups in total. The Morgan fingerprint density at radius 1 is 1.40 bits per heavy atom. The molecule has 5 heteroatoms. The van der Waals surface area contributed by atoms with Crippen molar-refractivity contribution in [2.75, 3.05) is 0 Å². The fraction of sp³-hybridized carbons (Fsp3) is 0.300. The summed E-state index contributed by atoms with van der Waals surface area (Å²) in [6, 6.07) is 1.82. The van der Waals surface area contributed by atoms with Crippen LogP contribution in [0.1, 0.15) is 20.8 Å². The van der Waals surface area contributed by atoms with Gasteiger partial charge in [-0.15, -0.1) is 0 Å². The highest BCUT2D eigenvalue weighted by molar-refractivity contribution is 8.16. The van der Waals surface area contributed by atoms with Crippen molar-refractivity contribution in [3.8, 4) is 6.07 Å². The molecular formula is C10H14ClNO2S. The molecule has 15 heavy (non-hydrogen) atoms. The molecule has 0 saturated carbocycles. The van der Waals surface area contributed by atoms with Gasteiger partial charge < -0.3 is 0 Å². The van der Waals surface area contributed by atoms with E-state index in [1.165, 1.54) is 25.2 Å². The van der Waals surface area contributed by atoms with E-state index in [1.807, 2.05) is 19.9 Å². The van der Waals surface area contributed by atoms with Crippen LogP contribution in [0.25, 0.3) is 0 Å². The molecule has 0 aromatic rings. The van der Waals surface area contributed by atoms with Gasteiger partial charge in [-0.2, -0.15) is 5.26 Å². The molecule has 0 aromatic carbocycles. The molecule has 0 aliphatic carbocycles. The van der Waals surface area contributed by atoms with Crippen LogP contribution >= 0.6 is 10.7 Å². The van der Waals surface area contributed by atoms with Gasteiger partial charge in [0.05, 0.1) is 16.5 Å². The summed E-state index contributed by atoms with van der Waals surface area (Å²) < 4.78 is 21.4. The van der Waals surface area contributed by atoms with Gasteiger partial charge in [0.15, 0.2) is 0 Å². The van der Waals surface area contributed by atoms with E-state index in [9.17, 15) is 8.42 Å². The molecule has 0 fully saturated rings. The summed E-state index contributed by atoms with van der Waals surface area (Å²) in [5, 5.41) is 8.44. The van der Waals surface area contributed by atoms with Gasteiger partial charge in [-0.3, -0.25) is 0 Å². The van der Waals surface area contributed by atoms with Gasteiger partial charge in [-0.05, 0) is 19.1 Å². The summed E-state index contributed by atoms with van der Waals surface area (Å²) in [5.41, 5.74) is 0.277. The molecule has 0 aliphatic heterocycles. The molecule has 84 valence electrons. The average Bonchev–Trinajstić information content (AvgIpc) is 2.20. The van der Waals surface area contributed by atoms with Gasteiger partial charge in [0.25, 0.3) is 9.05 Å². The van der Waals surface area contributed by atoms with Crippen LogP contribution in [0.3, 0.4) is 0 Å². The summed E-state index contributed by atoms with van der Waals surface area (Å²) in [5.74, 6) is 0. The van der Waals surface area contributed by atoms with Crippen LogP contribution in [0.2, 0.25) is 0 Å². The number of nitriles is 1. The molecule has 0 rings (SSSR count). The Hall–Kier alpha value is -1.05. The van der Waals surface area contributed by atoms with Crippen molar-refractivity contribution in [3.63, 3.8) is 0 Å². The molecule has 0 unspecified atom stereocenters. The molecule has 0 aliphatic rings. The van der Waals surface area contributed by atoms with Crippen LogP contribution in [0, 0.1) is 11.3 Å². The van der Waals surface area contributed by atoms with E-state index in [-0.39, 0.29) is 10.5 Å². The minimum atomic E-state index is -3.67. The van der Waals surface area contributed by atoms with Gasteiger partial charge in [-0.25, -0.2) is 8.42 Å².